The lowest BCUT2D eigenvalue weighted by atomic mass is 10.2. The quantitative estimate of drug-likeness (QED) is 0.528. The molecule has 0 saturated heterocycles. The van der Waals surface area contributed by atoms with E-state index in [0.29, 0.717) is 17.2 Å². The van der Waals surface area contributed by atoms with Crippen LogP contribution in [0.5, 0.6) is 0 Å². The molecule has 0 aliphatic rings. The molecule has 0 radical (unpaired) electrons. The van der Waals surface area contributed by atoms with Crippen LogP contribution < -0.4 is 5.32 Å². The second-order valence-corrected chi connectivity index (χ2v) is 6.10. The predicted molar refractivity (Wildman–Crippen MR) is 81.6 cm³/mol. The molecule has 0 fully saturated rings. The molecule has 1 rings (SSSR count). The smallest absolute Gasteiger partial charge is 0.326 e. The summed E-state index contributed by atoms with van der Waals surface area (Å²) in [6.07, 6.45) is -3.06. The molecule has 0 bridgehead atoms. The third-order valence-electron chi connectivity index (χ3n) is 2.68. The Morgan fingerprint density at radius 2 is 1.91 bits per heavy atom. The van der Waals surface area contributed by atoms with E-state index in [9.17, 15) is 18.4 Å². The van der Waals surface area contributed by atoms with Crippen molar-refractivity contribution in [3.8, 4) is 0 Å². The summed E-state index contributed by atoms with van der Waals surface area (Å²) in [6.45, 7) is 0. The molecule has 0 aliphatic heterocycles. The molecule has 122 valence electrons. The topological polar surface area (TPSA) is 66.4 Å². The van der Waals surface area contributed by atoms with Crippen LogP contribution in [0.4, 0.5) is 8.78 Å². The minimum Gasteiger partial charge on any atom is -0.480 e. The number of benzene rings is 1. The highest BCUT2D eigenvalue weighted by molar-refractivity contribution is 7.99. The van der Waals surface area contributed by atoms with Crippen LogP contribution >= 0.6 is 23.4 Å². The van der Waals surface area contributed by atoms with E-state index in [0.717, 1.165) is 4.90 Å². The molecule has 0 heterocycles. The van der Waals surface area contributed by atoms with Crippen molar-refractivity contribution in [2.75, 3.05) is 5.75 Å². The van der Waals surface area contributed by atoms with Crippen molar-refractivity contribution >= 4 is 35.2 Å². The lowest BCUT2D eigenvalue weighted by Crippen LogP contribution is -2.41. The maximum atomic E-state index is 12.2. The zero-order valence-corrected chi connectivity index (χ0v) is 13.2. The molecule has 2 N–H and O–H groups in total. The van der Waals surface area contributed by atoms with Gasteiger partial charge in [-0.2, -0.15) is 0 Å². The van der Waals surface area contributed by atoms with Crippen molar-refractivity contribution in [1.29, 1.82) is 0 Å². The first-order valence-electron chi connectivity index (χ1n) is 6.57. The Labute approximate surface area is 136 Å². The summed E-state index contributed by atoms with van der Waals surface area (Å²) in [5.41, 5.74) is 0. The minimum absolute atomic E-state index is 0.0909. The molecular weight excluding hydrogens is 336 g/mol. The Bertz CT molecular complexity index is 499. The predicted octanol–water partition coefficient (Wildman–Crippen LogP) is 3.44. The lowest BCUT2D eigenvalue weighted by Gasteiger charge is -2.13. The van der Waals surface area contributed by atoms with E-state index in [2.05, 4.69) is 5.32 Å². The summed E-state index contributed by atoms with van der Waals surface area (Å²) in [5.74, 6) is -1.34. The van der Waals surface area contributed by atoms with Gasteiger partial charge >= 0.3 is 5.97 Å². The van der Waals surface area contributed by atoms with Gasteiger partial charge < -0.3 is 10.4 Å². The normalized spacial score (nSPS) is 12.2. The molecule has 1 unspecified atom stereocenters. The number of thioether (sulfide) groups is 1. The van der Waals surface area contributed by atoms with Crippen molar-refractivity contribution in [1.82, 2.24) is 5.32 Å². The van der Waals surface area contributed by atoms with Crippen LogP contribution in [0.25, 0.3) is 0 Å². The van der Waals surface area contributed by atoms with Gasteiger partial charge in [0.1, 0.15) is 6.04 Å². The summed E-state index contributed by atoms with van der Waals surface area (Å²) in [7, 11) is 0. The molecule has 22 heavy (non-hydrogen) atoms. The van der Waals surface area contributed by atoms with Crippen LogP contribution in [0.3, 0.4) is 0 Å². The Morgan fingerprint density at radius 3 is 2.45 bits per heavy atom. The average Bonchev–Trinajstić information content (AvgIpc) is 2.44. The number of rotatable bonds is 9. The highest BCUT2D eigenvalue weighted by atomic mass is 35.5. The summed E-state index contributed by atoms with van der Waals surface area (Å²) < 4.78 is 24.4. The van der Waals surface area contributed by atoms with Crippen LogP contribution in [0.15, 0.2) is 29.2 Å². The number of carbonyl (C=O) groups excluding carboxylic acids is 1. The van der Waals surface area contributed by atoms with E-state index < -0.39 is 30.8 Å². The second kappa shape index (κ2) is 9.63. The number of hydrogen-bond donors (Lipinski definition) is 2. The van der Waals surface area contributed by atoms with Gasteiger partial charge in [0.25, 0.3) is 0 Å². The van der Waals surface area contributed by atoms with E-state index in [1.165, 1.54) is 11.8 Å². The van der Waals surface area contributed by atoms with Gasteiger partial charge in [-0.05, 0) is 36.4 Å². The highest BCUT2D eigenvalue weighted by Gasteiger charge is 2.23. The molecule has 1 amide bonds. The Morgan fingerprint density at radius 1 is 1.27 bits per heavy atom. The van der Waals surface area contributed by atoms with E-state index in [1.54, 1.807) is 12.1 Å². The second-order valence-electron chi connectivity index (χ2n) is 4.49. The molecule has 0 aliphatic carbocycles. The summed E-state index contributed by atoms with van der Waals surface area (Å²) in [4.78, 5) is 23.3. The van der Waals surface area contributed by atoms with Crippen LogP contribution in [-0.4, -0.2) is 35.2 Å². The molecule has 0 spiro atoms. The fourth-order valence-corrected chi connectivity index (χ4v) is 2.60. The fourth-order valence-electron chi connectivity index (χ4n) is 1.62. The number of aliphatic carboxylic acids is 1. The summed E-state index contributed by atoms with van der Waals surface area (Å²) >= 11 is 7.29. The van der Waals surface area contributed by atoms with Crippen LogP contribution in [0, 0.1) is 0 Å². The van der Waals surface area contributed by atoms with E-state index in [4.69, 9.17) is 16.7 Å². The van der Waals surface area contributed by atoms with Gasteiger partial charge in [-0.1, -0.05) is 11.6 Å². The van der Waals surface area contributed by atoms with E-state index >= 15 is 0 Å². The van der Waals surface area contributed by atoms with Gasteiger partial charge in [-0.3, -0.25) is 4.79 Å². The Kier molecular flexibility index (Phi) is 8.19. The molecular formula is C14H16ClF2NO3S. The van der Waals surface area contributed by atoms with Crippen molar-refractivity contribution in [3.63, 3.8) is 0 Å². The first kappa shape index (κ1) is 18.7. The zero-order chi connectivity index (χ0) is 16.5. The van der Waals surface area contributed by atoms with Gasteiger partial charge in [-0.25, -0.2) is 13.6 Å². The van der Waals surface area contributed by atoms with Crippen molar-refractivity contribution < 1.29 is 23.5 Å². The highest BCUT2D eigenvalue weighted by Crippen LogP contribution is 2.21. The SMILES string of the molecule is O=C(CCCSc1ccc(Cl)cc1)NC(CC(F)F)C(=O)O. The largest absolute Gasteiger partial charge is 0.480 e. The number of nitrogens with one attached hydrogen (secondary N) is 1. The monoisotopic (exact) mass is 351 g/mol. The number of halogens is 3. The van der Waals surface area contributed by atoms with Crippen molar-refractivity contribution in [3.05, 3.63) is 29.3 Å². The van der Waals surface area contributed by atoms with Gasteiger partial charge in [0.2, 0.25) is 12.3 Å². The molecule has 0 aromatic heterocycles. The standard InChI is InChI=1S/C14H16ClF2NO3S/c15-9-3-5-10(6-4-9)22-7-1-2-13(19)18-11(14(20)21)8-12(16)17/h3-6,11-12H,1-2,7-8H2,(H,18,19)(H,20,21). The van der Waals surface area contributed by atoms with Crippen LogP contribution in [0.1, 0.15) is 19.3 Å². The molecule has 8 heteroatoms. The molecule has 1 aromatic carbocycles. The fraction of sp³-hybridized carbons (Fsp3) is 0.429. The Balaban J connectivity index is 2.27. The average molecular weight is 352 g/mol. The molecule has 4 nitrogen and oxygen atoms in total. The number of alkyl halides is 2. The number of carboxylic acids is 1. The molecule has 0 saturated carbocycles. The molecule has 1 atom stereocenters. The van der Waals surface area contributed by atoms with Gasteiger partial charge in [0.15, 0.2) is 0 Å². The van der Waals surface area contributed by atoms with Crippen molar-refractivity contribution in [2.24, 2.45) is 0 Å². The summed E-state index contributed by atoms with van der Waals surface area (Å²) in [6, 6.07) is 5.69. The zero-order valence-electron chi connectivity index (χ0n) is 11.6. The van der Waals surface area contributed by atoms with Crippen LogP contribution in [0.2, 0.25) is 5.02 Å². The number of carboxylic acid groups (broad SMARTS) is 1. The van der Waals surface area contributed by atoms with Gasteiger partial charge in [-0.15, -0.1) is 11.8 Å². The van der Waals surface area contributed by atoms with Crippen LogP contribution in [-0.2, 0) is 9.59 Å². The number of hydrogen-bond acceptors (Lipinski definition) is 3. The third kappa shape index (κ3) is 7.61. The minimum atomic E-state index is -2.78. The summed E-state index contributed by atoms with van der Waals surface area (Å²) in [5, 5.41) is 11.5. The number of carbonyl (C=O) groups is 2. The molecule has 1 aromatic rings. The van der Waals surface area contributed by atoms with E-state index in [-0.39, 0.29) is 6.42 Å². The lowest BCUT2D eigenvalue weighted by molar-refractivity contribution is -0.143. The number of amides is 1. The van der Waals surface area contributed by atoms with Gasteiger partial charge in [0, 0.05) is 22.8 Å². The maximum Gasteiger partial charge on any atom is 0.326 e. The van der Waals surface area contributed by atoms with Gasteiger partial charge in [0.05, 0.1) is 0 Å². The maximum absolute atomic E-state index is 12.2. The Hall–Kier alpha value is -1.34. The van der Waals surface area contributed by atoms with E-state index in [1.807, 2.05) is 12.1 Å². The third-order valence-corrected chi connectivity index (χ3v) is 4.03. The first-order valence-corrected chi connectivity index (χ1v) is 7.93. The first-order chi connectivity index (χ1) is 10.4. The van der Waals surface area contributed by atoms with Crippen molar-refractivity contribution in [2.45, 2.75) is 36.6 Å².